The molecule has 1 N–H and O–H groups in total. The fourth-order valence-electron chi connectivity index (χ4n) is 1.58. The Morgan fingerprint density at radius 3 is 2.26 bits per heavy atom. The van der Waals surface area contributed by atoms with Crippen molar-refractivity contribution in [2.24, 2.45) is 0 Å². The van der Waals surface area contributed by atoms with Crippen LogP contribution >= 0.6 is 11.6 Å². The van der Waals surface area contributed by atoms with E-state index in [1.165, 1.54) is 6.92 Å². The van der Waals surface area contributed by atoms with Crippen molar-refractivity contribution in [1.29, 1.82) is 0 Å². The first-order valence-corrected chi connectivity index (χ1v) is 5.34. The van der Waals surface area contributed by atoms with Crippen molar-refractivity contribution < 1.29 is 23.1 Å². The fourth-order valence-corrected chi connectivity index (χ4v) is 1.93. The average Bonchev–Trinajstić information content (AvgIpc) is 2.61. The Balaban J connectivity index is 2.67. The lowest BCUT2D eigenvalue weighted by atomic mass is 10.2. The Morgan fingerprint density at radius 1 is 1.32 bits per heavy atom. The Kier molecular flexibility index (Phi) is 3.23. The maximum Gasteiger partial charge on any atom is 0.340 e. The number of aryl methyl sites for hydroxylation is 1. The van der Waals surface area contributed by atoms with Gasteiger partial charge in [0.25, 0.3) is 0 Å². The molecule has 0 bridgehead atoms. The number of carboxylic acids is 1. The largest absolute Gasteiger partial charge is 0.478 e. The lowest BCUT2D eigenvalue weighted by Gasteiger charge is -2.04. The molecule has 0 aliphatic rings. The van der Waals surface area contributed by atoms with Gasteiger partial charge in [0.15, 0.2) is 17.5 Å². The van der Waals surface area contributed by atoms with E-state index in [9.17, 15) is 18.0 Å². The van der Waals surface area contributed by atoms with Crippen molar-refractivity contribution >= 4 is 17.6 Å². The minimum absolute atomic E-state index is 0.0719. The second-order valence-corrected chi connectivity index (χ2v) is 4.05. The molecule has 0 saturated heterocycles. The van der Waals surface area contributed by atoms with Gasteiger partial charge in [-0.05, 0) is 6.92 Å². The van der Waals surface area contributed by atoms with Crippen LogP contribution in [0.1, 0.15) is 16.1 Å². The van der Waals surface area contributed by atoms with E-state index in [2.05, 4.69) is 5.10 Å². The highest BCUT2D eigenvalue weighted by Crippen LogP contribution is 2.25. The maximum absolute atomic E-state index is 13.1. The van der Waals surface area contributed by atoms with Gasteiger partial charge in [0.1, 0.15) is 10.7 Å². The van der Waals surface area contributed by atoms with E-state index < -0.39 is 23.4 Å². The van der Waals surface area contributed by atoms with Gasteiger partial charge in [-0.2, -0.15) is 5.10 Å². The molecule has 0 aliphatic carbocycles. The van der Waals surface area contributed by atoms with E-state index in [1.54, 1.807) is 0 Å². The molecule has 19 heavy (non-hydrogen) atoms. The van der Waals surface area contributed by atoms with Crippen LogP contribution in [-0.2, 0) is 0 Å². The van der Waals surface area contributed by atoms with Gasteiger partial charge in [-0.1, -0.05) is 11.6 Å². The van der Waals surface area contributed by atoms with E-state index in [1.807, 2.05) is 0 Å². The van der Waals surface area contributed by atoms with Crippen LogP contribution in [0.5, 0.6) is 0 Å². The fraction of sp³-hybridized carbons (Fsp3) is 0.0909. The van der Waals surface area contributed by atoms with Crippen molar-refractivity contribution in [3.8, 4) is 5.69 Å². The quantitative estimate of drug-likeness (QED) is 0.865. The Bertz CT molecular complexity index is 662. The highest BCUT2D eigenvalue weighted by Gasteiger charge is 2.21. The third-order valence-electron chi connectivity index (χ3n) is 2.43. The summed E-state index contributed by atoms with van der Waals surface area (Å²) in [7, 11) is 0. The topological polar surface area (TPSA) is 55.1 Å². The molecule has 2 rings (SSSR count). The van der Waals surface area contributed by atoms with Crippen molar-refractivity contribution in [2.45, 2.75) is 6.92 Å². The number of carbonyl (C=O) groups is 1. The summed E-state index contributed by atoms with van der Waals surface area (Å²) in [6.45, 7) is 1.38. The molecule has 0 atom stereocenters. The number of hydrogen-bond acceptors (Lipinski definition) is 2. The minimum atomic E-state index is -1.62. The van der Waals surface area contributed by atoms with Crippen LogP contribution < -0.4 is 0 Å². The van der Waals surface area contributed by atoms with Gasteiger partial charge in [0, 0.05) is 12.1 Å². The van der Waals surface area contributed by atoms with Crippen LogP contribution in [0.25, 0.3) is 5.69 Å². The van der Waals surface area contributed by atoms with Crippen LogP contribution in [0.3, 0.4) is 0 Å². The van der Waals surface area contributed by atoms with E-state index in [4.69, 9.17) is 16.7 Å². The number of rotatable bonds is 2. The summed E-state index contributed by atoms with van der Waals surface area (Å²) in [5.41, 5.74) is -0.425. The smallest absolute Gasteiger partial charge is 0.340 e. The Hall–Kier alpha value is -2.02. The molecule has 0 unspecified atom stereocenters. The number of carboxylic acid groups (broad SMARTS) is 1. The minimum Gasteiger partial charge on any atom is -0.478 e. The summed E-state index contributed by atoms with van der Waals surface area (Å²) in [5.74, 6) is -5.79. The van der Waals surface area contributed by atoms with Crippen molar-refractivity contribution in [1.82, 2.24) is 9.78 Å². The maximum atomic E-state index is 13.1. The van der Waals surface area contributed by atoms with Gasteiger partial charge in [-0.3, -0.25) is 0 Å². The molecule has 1 aromatic heterocycles. The zero-order valence-electron chi connectivity index (χ0n) is 9.42. The SMILES string of the molecule is Cc1nn(-c2cc(F)c(F)c(F)c2)c(Cl)c1C(=O)O. The molecule has 0 amide bonds. The standard InChI is InChI=1S/C11H6ClF3N2O2/c1-4-8(11(18)19)10(12)17(16-4)5-2-6(13)9(15)7(14)3-5/h2-3H,1H3,(H,18,19). The lowest BCUT2D eigenvalue weighted by Crippen LogP contribution is -2.02. The molecule has 1 heterocycles. The van der Waals surface area contributed by atoms with Crippen molar-refractivity contribution in [3.05, 3.63) is 46.0 Å². The summed E-state index contributed by atoms with van der Waals surface area (Å²) in [6.07, 6.45) is 0. The van der Waals surface area contributed by atoms with Gasteiger partial charge in [0.05, 0.1) is 11.4 Å². The van der Waals surface area contributed by atoms with Crippen molar-refractivity contribution in [2.75, 3.05) is 0 Å². The van der Waals surface area contributed by atoms with Gasteiger partial charge >= 0.3 is 5.97 Å². The number of benzene rings is 1. The summed E-state index contributed by atoms with van der Waals surface area (Å²) >= 11 is 5.78. The molecular weight excluding hydrogens is 285 g/mol. The van der Waals surface area contributed by atoms with Gasteiger partial charge in [-0.25, -0.2) is 22.6 Å². The average molecular weight is 291 g/mol. The molecule has 0 aliphatic heterocycles. The summed E-state index contributed by atoms with van der Waals surface area (Å²) in [6, 6.07) is 1.34. The highest BCUT2D eigenvalue weighted by atomic mass is 35.5. The second-order valence-electron chi connectivity index (χ2n) is 3.69. The number of hydrogen-bond donors (Lipinski definition) is 1. The zero-order chi connectivity index (χ0) is 14.3. The lowest BCUT2D eigenvalue weighted by molar-refractivity contribution is 0.0696. The second kappa shape index (κ2) is 4.58. The first-order valence-electron chi connectivity index (χ1n) is 4.96. The molecule has 0 radical (unpaired) electrons. The first kappa shape index (κ1) is 13.4. The molecule has 0 spiro atoms. The van der Waals surface area contributed by atoms with Gasteiger partial charge in [0.2, 0.25) is 0 Å². The third kappa shape index (κ3) is 2.17. The molecule has 100 valence electrons. The highest BCUT2D eigenvalue weighted by molar-refractivity contribution is 6.32. The Labute approximate surface area is 110 Å². The van der Waals surface area contributed by atoms with Gasteiger partial charge < -0.3 is 5.11 Å². The molecule has 1 aromatic carbocycles. The third-order valence-corrected chi connectivity index (χ3v) is 2.78. The normalized spacial score (nSPS) is 10.8. The zero-order valence-corrected chi connectivity index (χ0v) is 10.2. The number of aromatic carboxylic acids is 1. The first-order chi connectivity index (χ1) is 8.82. The predicted molar refractivity (Wildman–Crippen MR) is 60.1 cm³/mol. The predicted octanol–water partition coefficient (Wildman–Crippen LogP) is 2.95. The number of aromatic nitrogens is 2. The van der Waals surface area contributed by atoms with Crippen LogP contribution in [0, 0.1) is 24.4 Å². The number of halogens is 4. The molecular formula is C11H6ClF3N2O2. The van der Waals surface area contributed by atoms with Crippen LogP contribution in [0.2, 0.25) is 5.15 Å². The van der Waals surface area contributed by atoms with E-state index in [0.29, 0.717) is 12.1 Å². The van der Waals surface area contributed by atoms with E-state index in [-0.39, 0.29) is 22.1 Å². The van der Waals surface area contributed by atoms with Crippen LogP contribution in [-0.4, -0.2) is 20.9 Å². The summed E-state index contributed by atoms with van der Waals surface area (Å²) in [4.78, 5) is 10.9. The Morgan fingerprint density at radius 2 is 1.84 bits per heavy atom. The molecule has 0 saturated carbocycles. The van der Waals surface area contributed by atoms with Crippen molar-refractivity contribution in [3.63, 3.8) is 0 Å². The van der Waals surface area contributed by atoms with Gasteiger partial charge in [-0.15, -0.1) is 0 Å². The van der Waals surface area contributed by atoms with E-state index in [0.717, 1.165) is 4.68 Å². The number of nitrogens with zero attached hydrogens (tertiary/aromatic N) is 2. The molecule has 4 nitrogen and oxygen atoms in total. The van der Waals surface area contributed by atoms with E-state index >= 15 is 0 Å². The van der Waals surface area contributed by atoms with Crippen LogP contribution in [0.4, 0.5) is 13.2 Å². The summed E-state index contributed by atoms with van der Waals surface area (Å²) < 4.78 is 39.9. The molecule has 0 fully saturated rings. The molecule has 2 aromatic rings. The summed E-state index contributed by atoms with van der Waals surface area (Å²) in [5, 5.41) is 12.4. The van der Waals surface area contributed by atoms with Crippen LogP contribution in [0.15, 0.2) is 12.1 Å². The monoisotopic (exact) mass is 290 g/mol. The molecule has 8 heteroatoms.